The van der Waals surface area contributed by atoms with Crippen molar-refractivity contribution in [3.05, 3.63) is 47.3 Å². The predicted octanol–water partition coefficient (Wildman–Crippen LogP) is 3.02. The Labute approximate surface area is 207 Å². The maximum atomic E-state index is 13.2. The Kier molecular flexibility index (Phi) is 7.26. The molecule has 2 atom stereocenters. The molecule has 1 aromatic heterocycles. The second kappa shape index (κ2) is 9.64. The third-order valence-electron chi connectivity index (χ3n) is 6.68. The summed E-state index contributed by atoms with van der Waals surface area (Å²) in [5.41, 5.74) is -2.50. The number of nitrogens with zero attached hydrogens (tertiary/aromatic N) is 2. The Bertz CT molecular complexity index is 1100. The highest BCUT2D eigenvalue weighted by Gasteiger charge is 2.51. The summed E-state index contributed by atoms with van der Waals surface area (Å²) in [4.78, 5) is 2.01. The lowest BCUT2D eigenvalue weighted by molar-refractivity contribution is -0.258. The number of ether oxygens (including phenoxy) is 1. The third-order valence-corrected chi connectivity index (χ3v) is 9.92. The highest BCUT2D eigenvalue weighted by Crippen LogP contribution is 2.39. The molecule has 0 bridgehead atoms. The number of hydrogen-bond acceptors (Lipinski definition) is 7. The minimum atomic E-state index is -4.80. The van der Waals surface area contributed by atoms with Gasteiger partial charge in [-0.2, -0.15) is 17.5 Å². The van der Waals surface area contributed by atoms with E-state index in [4.69, 9.17) is 4.74 Å². The van der Waals surface area contributed by atoms with Crippen molar-refractivity contribution in [3.63, 3.8) is 0 Å². The van der Waals surface area contributed by atoms with Crippen LogP contribution in [0.3, 0.4) is 0 Å². The SMILES string of the molecule is CC1(CNC[C@H]2CN(S(=O)(=O)c3cccs3)CCN2c2ccc([C@](C)(O)C(F)(F)F)cc2)COC1. The first-order chi connectivity index (χ1) is 16.3. The quantitative estimate of drug-likeness (QED) is 0.543. The van der Waals surface area contributed by atoms with Crippen LogP contribution in [0.15, 0.2) is 46.0 Å². The van der Waals surface area contributed by atoms with Crippen molar-refractivity contribution in [2.45, 2.75) is 35.9 Å². The van der Waals surface area contributed by atoms with Gasteiger partial charge in [-0.1, -0.05) is 25.1 Å². The Morgan fingerprint density at radius 2 is 1.89 bits per heavy atom. The molecule has 2 aliphatic rings. The Morgan fingerprint density at radius 1 is 1.20 bits per heavy atom. The Morgan fingerprint density at radius 3 is 2.43 bits per heavy atom. The van der Waals surface area contributed by atoms with Gasteiger partial charge in [-0.25, -0.2) is 8.42 Å². The van der Waals surface area contributed by atoms with Crippen LogP contribution < -0.4 is 10.2 Å². The molecule has 2 aliphatic heterocycles. The molecular formula is C23H30F3N3O4S2. The van der Waals surface area contributed by atoms with Crippen molar-refractivity contribution >= 4 is 27.0 Å². The minimum absolute atomic E-state index is 0.0348. The molecule has 0 radical (unpaired) electrons. The molecule has 0 saturated carbocycles. The van der Waals surface area contributed by atoms with E-state index in [1.165, 1.54) is 27.8 Å². The molecule has 2 aromatic rings. The summed E-state index contributed by atoms with van der Waals surface area (Å²) >= 11 is 1.17. The van der Waals surface area contributed by atoms with Crippen molar-refractivity contribution < 1.29 is 31.4 Å². The minimum Gasteiger partial charge on any atom is -0.380 e. The number of benzene rings is 1. The topological polar surface area (TPSA) is 82.1 Å². The van der Waals surface area contributed by atoms with E-state index in [1.54, 1.807) is 29.6 Å². The van der Waals surface area contributed by atoms with Crippen LogP contribution in [-0.4, -0.2) is 76.0 Å². The van der Waals surface area contributed by atoms with Crippen LogP contribution in [0.2, 0.25) is 0 Å². The van der Waals surface area contributed by atoms with Crippen molar-refractivity contribution in [1.82, 2.24) is 9.62 Å². The van der Waals surface area contributed by atoms with Gasteiger partial charge in [-0.3, -0.25) is 0 Å². The van der Waals surface area contributed by atoms with E-state index in [0.717, 1.165) is 6.92 Å². The fraction of sp³-hybridized carbons (Fsp3) is 0.565. The van der Waals surface area contributed by atoms with Gasteiger partial charge >= 0.3 is 6.18 Å². The second-order valence-corrected chi connectivity index (χ2v) is 12.8. The molecule has 0 spiro atoms. The summed E-state index contributed by atoms with van der Waals surface area (Å²) in [5.74, 6) is 0. The van der Waals surface area contributed by atoms with E-state index in [0.29, 0.717) is 38.5 Å². The van der Waals surface area contributed by atoms with E-state index < -0.39 is 21.8 Å². The van der Waals surface area contributed by atoms with Gasteiger partial charge in [0.2, 0.25) is 0 Å². The number of anilines is 1. The van der Waals surface area contributed by atoms with Crippen LogP contribution in [0.4, 0.5) is 18.9 Å². The van der Waals surface area contributed by atoms with Crippen LogP contribution in [0.5, 0.6) is 0 Å². The summed E-state index contributed by atoms with van der Waals surface area (Å²) in [6.45, 7) is 6.24. The number of alkyl halides is 3. The smallest absolute Gasteiger partial charge is 0.380 e. The van der Waals surface area contributed by atoms with Crippen molar-refractivity contribution in [2.75, 3.05) is 50.8 Å². The number of rotatable bonds is 8. The highest BCUT2D eigenvalue weighted by atomic mass is 32.2. The first kappa shape index (κ1) is 26.4. The second-order valence-electron chi connectivity index (χ2n) is 9.69. The van der Waals surface area contributed by atoms with Gasteiger partial charge in [-0.15, -0.1) is 11.3 Å². The van der Waals surface area contributed by atoms with Gasteiger partial charge in [0.05, 0.1) is 19.3 Å². The number of sulfonamides is 1. The number of aliphatic hydroxyl groups is 1. The maximum Gasteiger partial charge on any atom is 0.421 e. The molecule has 35 heavy (non-hydrogen) atoms. The normalized spacial score (nSPS) is 23.0. The van der Waals surface area contributed by atoms with Crippen LogP contribution in [0, 0.1) is 5.41 Å². The number of thiophene rings is 1. The van der Waals surface area contributed by atoms with Gasteiger partial charge in [-0.05, 0) is 36.1 Å². The van der Waals surface area contributed by atoms with Crippen LogP contribution in [0.1, 0.15) is 19.4 Å². The summed E-state index contributed by atoms with van der Waals surface area (Å²) < 4.78 is 73.0. The third kappa shape index (κ3) is 5.37. The molecule has 194 valence electrons. The number of nitrogens with one attached hydrogen (secondary N) is 1. The average Bonchev–Trinajstić information content (AvgIpc) is 3.33. The van der Waals surface area contributed by atoms with Crippen molar-refractivity contribution in [3.8, 4) is 0 Å². The first-order valence-electron chi connectivity index (χ1n) is 11.3. The lowest BCUT2D eigenvalue weighted by Gasteiger charge is -2.43. The zero-order chi connectivity index (χ0) is 25.5. The summed E-state index contributed by atoms with van der Waals surface area (Å²) in [6.07, 6.45) is -4.80. The molecule has 2 N–H and O–H groups in total. The van der Waals surface area contributed by atoms with Crippen LogP contribution >= 0.6 is 11.3 Å². The van der Waals surface area contributed by atoms with E-state index in [1.807, 2.05) is 4.90 Å². The maximum absolute atomic E-state index is 13.2. The van der Waals surface area contributed by atoms with Crippen LogP contribution in [-0.2, 0) is 20.4 Å². The van der Waals surface area contributed by atoms with Gasteiger partial charge in [0.25, 0.3) is 10.0 Å². The van der Waals surface area contributed by atoms with Gasteiger partial charge in [0, 0.05) is 43.8 Å². The Balaban J connectivity index is 1.54. The molecule has 3 heterocycles. The van der Waals surface area contributed by atoms with Crippen LogP contribution in [0.25, 0.3) is 0 Å². The van der Waals surface area contributed by atoms with Crippen molar-refractivity contribution in [1.29, 1.82) is 0 Å². The molecule has 1 aromatic carbocycles. The summed E-state index contributed by atoms with van der Waals surface area (Å²) in [5, 5.41) is 15.1. The average molecular weight is 534 g/mol. The molecule has 2 fully saturated rings. The fourth-order valence-electron chi connectivity index (χ4n) is 4.33. The number of piperazine rings is 1. The molecule has 2 saturated heterocycles. The summed E-state index contributed by atoms with van der Waals surface area (Å²) in [7, 11) is -3.63. The monoisotopic (exact) mass is 533 g/mol. The molecule has 4 rings (SSSR count). The molecule has 0 aliphatic carbocycles. The first-order valence-corrected chi connectivity index (χ1v) is 13.6. The number of hydrogen-bond donors (Lipinski definition) is 2. The largest absolute Gasteiger partial charge is 0.421 e. The molecule has 0 unspecified atom stereocenters. The zero-order valence-corrected chi connectivity index (χ0v) is 21.2. The van der Waals surface area contributed by atoms with E-state index in [2.05, 4.69) is 12.2 Å². The molecular weight excluding hydrogens is 503 g/mol. The standard InChI is InChI=1S/C23H30F3N3O4S2/c1-21(15-33-16-21)14-27-12-19-13-28(35(31,32)20-4-3-11-34-20)9-10-29(19)18-7-5-17(6-8-18)22(2,30)23(24,25)26/h3-8,11,19,27,30H,9-10,12-16H2,1-2H3/t19-,22-/m0/s1. The molecule has 12 heteroatoms. The van der Waals surface area contributed by atoms with E-state index in [-0.39, 0.29) is 34.3 Å². The lowest BCUT2D eigenvalue weighted by Crippen LogP contribution is -2.59. The predicted molar refractivity (Wildman–Crippen MR) is 128 cm³/mol. The van der Waals surface area contributed by atoms with Gasteiger partial charge < -0.3 is 20.1 Å². The molecule has 0 amide bonds. The molecule has 7 nitrogen and oxygen atoms in total. The van der Waals surface area contributed by atoms with E-state index in [9.17, 15) is 26.7 Å². The van der Waals surface area contributed by atoms with Crippen molar-refractivity contribution in [2.24, 2.45) is 5.41 Å². The zero-order valence-electron chi connectivity index (χ0n) is 19.6. The van der Waals surface area contributed by atoms with Gasteiger partial charge in [0.1, 0.15) is 4.21 Å². The highest BCUT2D eigenvalue weighted by molar-refractivity contribution is 7.91. The fourth-order valence-corrected chi connectivity index (χ4v) is 6.94. The number of halogens is 3. The van der Waals surface area contributed by atoms with E-state index >= 15 is 0 Å². The summed E-state index contributed by atoms with van der Waals surface area (Å²) in [6, 6.07) is 8.69. The van der Waals surface area contributed by atoms with Gasteiger partial charge in [0.15, 0.2) is 5.60 Å². The lowest BCUT2D eigenvalue weighted by atomic mass is 9.88. The Hall–Kier alpha value is -1.70.